The van der Waals surface area contributed by atoms with Crippen LogP contribution in [0.5, 0.6) is 0 Å². The number of hydrogen-bond acceptors (Lipinski definition) is 5. The number of methoxy groups -OCH3 is 1. The number of ether oxygens (including phenoxy) is 1. The minimum absolute atomic E-state index is 0.116. The fraction of sp³-hybridized carbons (Fsp3) is 0.316. The number of fused-ring (bicyclic) bond motifs is 1. The molecule has 2 aromatic rings. The van der Waals surface area contributed by atoms with E-state index in [9.17, 15) is 13.2 Å². The maximum absolute atomic E-state index is 12.0. The van der Waals surface area contributed by atoms with E-state index in [2.05, 4.69) is 29.6 Å². The summed E-state index contributed by atoms with van der Waals surface area (Å²) in [5.74, 6) is -0.0450. The Bertz CT molecular complexity index is 900. The molecule has 0 radical (unpaired) electrons. The van der Waals surface area contributed by atoms with E-state index in [1.54, 1.807) is 6.07 Å². The molecule has 0 atom stereocenters. The van der Waals surface area contributed by atoms with Crippen molar-refractivity contribution in [3.8, 4) is 0 Å². The summed E-state index contributed by atoms with van der Waals surface area (Å²) in [7, 11) is -2.63. The van der Waals surface area contributed by atoms with Gasteiger partial charge in [-0.3, -0.25) is 0 Å². The van der Waals surface area contributed by atoms with Crippen molar-refractivity contribution in [2.24, 2.45) is 11.1 Å². The third kappa shape index (κ3) is 4.05. The van der Waals surface area contributed by atoms with E-state index in [0.29, 0.717) is 18.2 Å². The maximum Gasteiger partial charge on any atom is 0.340 e. The number of nitrogens with two attached hydrogens (primary N) is 1. The lowest BCUT2D eigenvalue weighted by Gasteiger charge is -2.14. The van der Waals surface area contributed by atoms with Gasteiger partial charge in [-0.1, -0.05) is 24.3 Å². The molecule has 1 aliphatic rings. The van der Waals surface area contributed by atoms with Crippen LogP contribution in [0.1, 0.15) is 27.9 Å². The summed E-state index contributed by atoms with van der Waals surface area (Å²) in [6.07, 6.45) is 3.07. The third-order valence-corrected chi connectivity index (χ3v) is 5.64. The number of nitrogens with one attached hydrogen (secondary N) is 1. The fourth-order valence-electron chi connectivity index (χ4n) is 3.40. The molecular formula is C19H22N2O4S. The number of carbonyl (C=O) groups excluding carboxylic acids is 1. The highest BCUT2D eigenvalue weighted by Gasteiger charge is 2.21. The van der Waals surface area contributed by atoms with Gasteiger partial charge >= 0.3 is 5.97 Å². The molecular weight excluding hydrogens is 352 g/mol. The Kier molecular flexibility index (Phi) is 5.29. The van der Waals surface area contributed by atoms with Gasteiger partial charge in [-0.25, -0.2) is 18.4 Å². The molecule has 3 N–H and O–H groups in total. The summed E-state index contributed by atoms with van der Waals surface area (Å²) in [4.78, 5) is 11.9. The van der Waals surface area contributed by atoms with Gasteiger partial charge < -0.3 is 10.1 Å². The minimum Gasteiger partial charge on any atom is -0.465 e. The topological polar surface area (TPSA) is 98.5 Å². The average Bonchev–Trinajstić information content (AvgIpc) is 3.03. The number of sulfonamides is 1. The van der Waals surface area contributed by atoms with E-state index >= 15 is 0 Å². The fourth-order valence-corrected chi connectivity index (χ4v) is 3.94. The van der Waals surface area contributed by atoms with E-state index in [1.165, 1.54) is 30.4 Å². The summed E-state index contributed by atoms with van der Waals surface area (Å²) >= 11 is 0. The van der Waals surface area contributed by atoms with Crippen LogP contribution in [-0.2, 0) is 27.6 Å². The second kappa shape index (κ2) is 7.47. The zero-order chi connectivity index (χ0) is 18.7. The minimum atomic E-state index is -3.88. The van der Waals surface area contributed by atoms with Crippen molar-refractivity contribution >= 4 is 21.7 Å². The van der Waals surface area contributed by atoms with Gasteiger partial charge in [0.1, 0.15) is 0 Å². The van der Waals surface area contributed by atoms with Crippen molar-refractivity contribution in [3.05, 3.63) is 59.2 Å². The molecule has 0 aromatic heterocycles. The van der Waals surface area contributed by atoms with Crippen molar-refractivity contribution in [3.63, 3.8) is 0 Å². The number of rotatable bonds is 6. The van der Waals surface area contributed by atoms with Crippen molar-refractivity contribution in [2.45, 2.75) is 24.2 Å². The van der Waals surface area contributed by atoms with Crippen molar-refractivity contribution < 1.29 is 17.9 Å². The Balaban J connectivity index is 1.67. The molecule has 0 aliphatic heterocycles. The molecule has 26 heavy (non-hydrogen) atoms. The Labute approximate surface area is 153 Å². The number of benzene rings is 2. The third-order valence-electron chi connectivity index (χ3n) is 4.73. The molecule has 0 spiro atoms. The van der Waals surface area contributed by atoms with Crippen molar-refractivity contribution in [1.82, 2.24) is 0 Å². The number of carbonyl (C=O) groups is 1. The molecule has 2 aromatic carbocycles. The van der Waals surface area contributed by atoms with E-state index < -0.39 is 16.0 Å². The first-order valence-electron chi connectivity index (χ1n) is 8.44. The smallest absolute Gasteiger partial charge is 0.340 e. The van der Waals surface area contributed by atoms with Gasteiger partial charge in [0.25, 0.3) is 0 Å². The molecule has 6 nitrogen and oxygen atoms in total. The molecule has 1 aliphatic carbocycles. The normalized spacial score (nSPS) is 14.1. The highest BCUT2D eigenvalue weighted by atomic mass is 32.2. The van der Waals surface area contributed by atoms with Crippen LogP contribution in [0, 0.1) is 5.92 Å². The molecule has 0 bridgehead atoms. The number of anilines is 1. The molecule has 138 valence electrons. The predicted octanol–water partition coefficient (Wildman–Crippen LogP) is 2.34. The van der Waals surface area contributed by atoms with Gasteiger partial charge in [0.05, 0.1) is 17.6 Å². The Morgan fingerprint density at radius 3 is 2.42 bits per heavy atom. The first-order chi connectivity index (χ1) is 12.4. The second-order valence-electron chi connectivity index (χ2n) is 6.50. The van der Waals surface area contributed by atoms with Gasteiger partial charge in [0.15, 0.2) is 0 Å². The number of esters is 1. The maximum atomic E-state index is 12.0. The van der Waals surface area contributed by atoms with Gasteiger partial charge in [-0.15, -0.1) is 0 Å². The Morgan fingerprint density at radius 1 is 1.19 bits per heavy atom. The summed E-state index contributed by atoms with van der Waals surface area (Å²) in [6, 6.07) is 12.7. The summed E-state index contributed by atoms with van der Waals surface area (Å²) < 4.78 is 27.8. The van der Waals surface area contributed by atoms with Gasteiger partial charge in [0, 0.05) is 12.2 Å². The Hall–Kier alpha value is -2.38. The summed E-state index contributed by atoms with van der Waals surface area (Å²) in [5, 5.41) is 8.37. The van der Waals surface area contributed by atoms with E-state index in [-0.39, 0.29) is 10.5 Å². The van der Waals surface area contributed by atoms with E-state index in [1.807, 2.05) is 0 Å². The van der Waals surface area contributed by atoms with Crippen LogP contribution in [0.15, 0.2) is 47.4 Å². The lowest BCUT2D eigenvalue weighted by Crippen LogP contribution is -2.16. The van der Waals surface area contributed by atoms with E-state index in [0.717, 1.165) is 19.3 Å². The molecule has 0 saturated carbocycles. The lowest BCUT2D eigenvalue weighted by atomic mass is 10.0. The highest BCUT2D eigenvalue weighted by molar-refractivity contribution is 7.89. The van der Waals surface area contributed by atoms with Crippen LogP contribution in [0.4, 0.5) is 5.69 Å². The van der Waals surface area contributed by atoms with Gasteiger partial charge in [0.2, 0.25) is 10.0 Å². The average molecular weight is 374 g/mol. The standard InChI is InChI=1S/C19H22N2O4S/c1-25-19(22)17-12-16(26(20,23)24)6-7-18(17)21-9-8-13-10-14-4-2-3-5-15(14)11-13/h2-7,12-13,21H,8-11H2,1H3,(H2,20,23,24). The summed E-state index contributed by atoms with van der Waals surface area (Å²) in [5.41, 5.74) is 3.52. The lowest BCUT2D eigenvalue weighted by molar-refractivity contribution is 0.0601. The molecule has 0 saturated heterocycles. The largest absolute Gasteiger partial charge is 0.465 e. The van der Waals surface area contributed by atoms with Crippen molar-refractivity contribution in [2.75, 3.05) is 19.0 Å². The quantitative estimate of drug-likeness (QED) is 0.756. The van der Waals surface area contributed by atoms with Gasteiger partial charge in [-0.05, 0) is 54.5 Å². The molecule has 0 unspecified atom stereocenters. The van der Waals surface area contributed by atoms with Crippen LogP contribution >= 0.6 is 0 Å². The summed E-state index contributed by atoms with van der Waals surface area (Å²) in [6.45, 7) is 0.678. The van der Waals surface area contributed by atoms with Crippen LogP contribution in [0.25, 0.3) is 0 Å². The zero-order valence-corrected chi connectivity index (χ0v) is 15.4. The predicted molar refractivity (Wildman–Crippen MR) is 99.6 cm³/mol. The number of hydrogen-bond donors (Lipinski definition) is 2. The molecule has 0 fully saturated rings. The molecule has 7 heteroatoms. The number of primary sulfonamides is 1. The van der Waals surface area contributed by atoms with E-state index in [4.69, 9.17) is 9.88 Å². The Morgan fingerprint density at radius 2 is 1.85 bits per heavy atom. The molecule has 3 rings (SSSR count). The van der Waals surface area contributed by atoms with Crippen LogP contribution < -0.4 is 10.5 Å². The second-order valence-corrected chi connectivity index (χ2v) is 8.06. The first-order valence-corrected chi connectivity index (χ1v) is 9.99. The van der Waals surface area contributed by atoms with Crippen LogP contribution in [0.3, 0.4) is 0 Å². The van der Waals surface area contributed by atoms with Gasteiger partial charge in [-0.2, -0.15) is 0 Å². The SMILES string of the molecule is COC(=O)c1cc(S(N)(=O)=O)ccc1NCCC1Cc2ccccc2C1. The van der Waals surface area contributed by atoms with Crippen LogP contribution in [0.2, 0.25) is 0 Å². The van der Waals surface area contributed by atoms with Crippen molar-refractivity contribution in [1.29, 1.82) is 0 Å². The monoisotopic (exact) mass is 374 g/mol. The highest BCUT2D eigenvalue weighted by Crippen LogP contribution is 2.29. The first kappa shape index (κ1) is 18.4. The molecule has 0 amide bonds. The molecule has 0 heterocycles. The zero-order valence-electron chi connectivity index (χ0n) is 14.6. The van der Waals surface area contributed by atoms with Crippen LogP contribution in [-0.4, -0.2) is 28.0 Å².